The molecular weight excluding hydrogens is 349 g/mol. The van der Waals surface area contributed by atoms with E-state index in [0.717, 1.165) is 11.1 Å². The van der Waals surface area contributed by atoms with E-state index in [0.29, 0.717) is 21.3 Å². The predicted octanol–water partition coefficient (Wildman–Crippen LogP) is 4.20. The van der Waals surface area contributed by atoms with E-state index in [2.05, 4.69) is 20.2 Å². The molecule has 2 aromatic heterocycles. The number of nitrogens with one attached hydrogen (secondary N) is 1. The number of nitrogens with zero attached hydrogens (tertiary/aromatic N) is 3. The van der Waals surface area contributed by atoms with Crippen LogP contribution in [-0.2, 0) is 0 Å². The summed E-state index contributed by atoms with van der Waals surface area (Å²) in [6.45, 7) is 3.74. The summed E-state index contributed by atoms with van der Waals surface area (Å²) >= 11 is 12.6. The van der Waals surface area contributed by atoms with Crippen molar-refractivity contribution < 1.29 is 4.74 Å². The van der Waals surface area contributed by atoms with E-state index >= 15 is 0 Å². The lowest BCUT2D eigenvalue weighted by Gasteiger charge is -2.19. The number of halogens is 2. The normalized spacial score (nSPS) is 12.2. The van der Waals surface area contributed by atoms with Gasteiger partial charge in [0.05, 0.1) is 23.1 Å². The molecular formula is C16H15Cl2N5O. The van der Waals surface area contributed by atoms with Crippen molar-refractivity contribution in [3.8, 4) is 17.1 Å². The topological polar surface area (TPSA) is 89.7 Å². The van der Waals surface area contributed by atoms with Crippen LogP contribution in [0.2, 0.25) is 10.0 Å². The minimum Gasteiger partial charge on any atom is -0.467 e. The molecule has 8 heteroatoms. The molecule has 24 heavy (non-hydrogen) atoms. The van der Waals surface area contributed by atoms with Crippen LogP contribution in [-0.4, -0.2) is 20.2 Å². The van der Waals surface area contributed by atoms with Crippen LogP contribution < -0.4 is 10.5 Å². The maximum Gasteiger partial charge on any atom is 0.258 e. The molecule has 1 atom stereocenters. The molecule has 0 fully saturated rings. The van der Waals surface area contributed by atoms with Gasteiger partial charge in [0.1, 0.15) is 6.10 Å². The van der Waals surface area contributed by atoms with Gasteiger partial charge in [-0.05, 0) is 25.5 Å². The number of ether oxygens (including phenoxy) is 1. The molecule has 0 unspecified atom stereocenters. The van der Waals surface area contributed by atoms with E-state index in [9.17, 15) is 0 Å². The van der Waals surface area contributed by atoms with Crippen LogP contribution in [0.25, 0.3) is 11.3 Å². The van der Waals surface area contributed by atoms with Gasteiger partial charge in [-0.15, -0.1) is 0 Å². The van der Waals surface area contributed by atoms with Crippen molar-refractivity contribution in [1.82, 2.24) is 20.2 Å². The molecule has 6 nitrogen and oxygen atoms in total. The van der Waals surface area contributed by atoms with Crippen LogP contribution in [0.1, 0.15) is 24.2 Å². The first-order chi connectivity index (χ1) is 11.5. The highest BCUT2D eigenvalue weighted by atomic mass is 35.5. The van der Waals surface area contributed by atoms with Crippen LogP contribution in [0, 0.1) is 6.92 Å². The Hall–Kier alpha value is -2.31. The third kappa shape index (κ3) is 3.16. The number of anilines is 1. The Morgan fingerprint density at radius 1 is 1.25 bits per heavy atom. The molecule has 0 aliphatic rings. The highest BCUT2D eigenvalue weighted by molar-refractivity contribution is 6.36. The number of aryl methyl sites for hydroxylation is 1. The van der Waals surface area contributed by atoms with E-state index in [1.807, 2.05) is 19.9 Å². The Bertz CT molecular complexity index is 867. The number of hydrogen-bond donors (Lipinski definition) is 2. The monoisotopic (exact) mass is 363 g/mol. The number of nitrogen functional groups attached to an aromatic ring is 1. The Balaban J connectivity index is 1.94. The van der Waals surface area contributed by atoms with E-state index < -0.39 is 6.10 Å². The Labute approximate surface area is 149 Å². The van der Waals surface area contributed by atoms with Gasteiger partial charge in [0.25, 0.3) is 5.88 Å². The first-order valence-electron chi connectivity index (χ1n) is 7.20. The zero-order chi connectivity index (χ0) is 17.3. The fraction of sp³-hybridized carbons (Fsp3) is 0.188. The molecule has 3 rings (SSSR count). The second kappa shape index (κ2) is 6.67. The molecule has 0 saturated heterocycles. The molecule has 124 valence electrons. The molecule has 2 heterocycles. The molecule has 0 saturated carbocycles. The van der Waals surface area contributed by atoms with Crippen molar-refractivity contribution in [3.05, 3.63) is 51.9 Å². The molecule has 0 amide bonds. The number of H-pyrrole nitrogens is 1. The minimum absolute atomic E-state index is 0.189. The molecule has 1 aromatic carbocycles. The minimum atomic E-state index is -0.443. The Morgan fingerprint density at radius 3 is 2.75 bits per heavy atom. The van der Waals surface area contributed by atoms with E-state index in [1.54, 1.807) is 24.7 Å². The highest BCUT2D eigenvalue weighted by Gasteiger charge is 2.19. The van der Waals surface area contributed by atoms with Gasteiger partial charge in [-0.2, -0.15) is 5.10 Å². The van der Waals surface area contributed by atoms with Crippen LogP contribution in [0.5, 0.6) is 5.88 Å². The molecule has 0 aliphatic carbocycles. The molecule has 3 N–H and O–H groups in total. The summed E-state index contributed by atoms with van der Waals surface area (Å²) in [6.07, 6.45) is 4.47. The molecule has 0 spiro atoms. The van der Waals surface area contributed by atoms with Gasteiger partial charge in [-0.3, -0.25) is 5.10 Å². The van der Waals surface area contributed by atoms with Crippen molar-refractivity contribution >= 4 is 29.0 Å². The van der Waals surface area contributed by atoms with Crippen molar-refractivity contribution in [1.29, 1.82) is 0 Å². The summed E-state index contributed by atoms with van der Waals surface area (Å²) in [5, 5.41) is 7.70. The summed E-state index contributed by atoms with van der Waals surface area (Å²) in [5.41, 5.74) is 8.87. The van der Waals surface area contributed by atoms with Gasteiger partial charge in [-0.25, -0.2) is 9.97 Å². The first kappa shape index (κ1) is 16.5. The zero-order valence-corrected chi connectivity index (χ0v) is 14.6. The standard InChI is InChI=1S/C16H15Cl2N5O/c1-8-3-4-11(17)13(14(8)18)9(2)24-16-15(19)20-7-12(23-16)10-5-21-22-6-10/h3-7,9H,1-2H3,(H2,19,20)(H,21,22)/t9-/m1/s1. The first-order valence-corrected chi connectivity index (χ1v) is 7.95. The van der Waals surface area contributed by atoms with Gasteiger partial charge in [0.15, 0.2) is 5.82 Å². The fourth-order valence-electron chi connectivity index (χ4n) is 2.28. The number of aromatic nitrogens is 4. The average Bonchev–Trinajstić information content (AvgIpc) is 3.08. The third-order valence-electron chi connectivity index (χ3n) is 3.58. The highest BCUT2D eigenvalue weighted by Crippen LogP contribution is 2.36. The molecule has 0 aliphatic heterocycles. The van der Waals surface area contributed by atoms with Crippen LogP contribution in [0.3, 0.4) is 0 Å². The van der Waals surface area contributed by atoms with Crippen molar-refractivity contribution in [2.75, 3.05) is 5.73 Å². The number of benzene rings is 1. The number of hydrogen-bond acceptors (Lipinski definition) is 5. The maximum atomic E-state index is 6.37. The van der Waals surface area contributed by atoms with Crippen LogP contribution >= 0.6 is 23.2 Å². The van der Waals surface area contributed by atoms with Crippen molar-refractivity contribution in [2.24, 2.45) is 0 Å². The quantitative estimate of drug-likeness (QED) is 0.724. The smallest absolute Gasteiger partial charge is 0.258 e. The van der Waals surface area contributed by atoms with E-state index in [4.69, 9.17) is 33.7 Å². The van der Waals surface area contributed by atoms with Crippen molar-refractivity contribution in [2.45, 2.75) is 20.0 Å². The summed E-state index contributed by atoms with van der Waals surface area (Å²) in [4.78, 5) is 8.53. The van der Waals surface area contributed by atoms with Gasteiger partial charge in [0.2, 0.25) is 0 Å². The average molecular weight is 364 g/mol. The molecule has 3 aromatic rings. The lowest BCUT2D eigenvalue weighted by atomic mass is 10.1. The van der Waals surface area contributed by atoms with E-state index in [1.165, 1.54) is 0 Å². The maximum absolute atomic E-state index is 6.37. The largest absolute Gasteiger partial charge is 0.467 e. The van der Waals surface area contributed by atoms with Gasteiger partial charge in [0, 0.05) is 22.3 Å². The second-order valence-electron chi connectivity index (χ2n) is 5.28. The van der Waals surface area contributed by atoms with Crippen LogP contribution in [0.15, 0.2) is 30.7 Å². The third-order valence-corrected chi connectivity index (χ3v) is 4.41. The lowest BCUT2D eigenvalue weighted by Crippen LogP contribution is -2.09. The SMILES string of the molecule is Cc1ccc(Cl)c([C@@H](C)Oc2nc(-c3cn[nH]c3)cnc2N)c1Cl. The summed E-state index contributed by atoms with van der Waals surface area (Å²) in [6, 6.07) is 3.64. The number of nitrogens with two attached hydrogens (primary N) is 1. The lowest BCUT2D eigenvalue weighted by molar-refractivity contribution is 0.218. The molecule has 0 bridgehead atoms. The van der Waals surface area contributed by atoms with Gasteiger partial charge < -0.3 is 10.5 Å². The number of rotatable bonds is 4. The predicted molar refractivity (Wildman–Crippen MR) is 94.3 cm³/mol. The fourth-order valence-corrected chi connectivity index (χ4v) is 2.95. The number of aromatic amines is 1. The summed E-state index contributed by atoms with van der Waals surface area (Å²) in [7, 11) is 0. The molecule has 0 radical (unpaired) electrons. The summed E-state index contributed by atoms with van der Waals surface area (Å²) in [5.74, 6) is 0.406. The second-order valence-corrected chi connectivity index (χ2v) is 6.07. The van der Waals surface area contributed by atoms with Gasteiger partial charge >= 0.3 is 0 Å². The Kier molecular flexibility index (Phi) is 4.59. The van der Waals surface area contributed by atoms with Crippen molar-refractivity contribution in [3.63, 3.8) is 0 Å². The van der Waals surface area contributed by atoms with Gasteiger partial charge in [-0.1, -0.05) is 29.3 Å². The zero-order valence-electron chi connectivity index (χ0n) is 13.0. The van der Waals surface area contributed by atoms with E-state index in [-0.39, 0.29) is 11.7 Å². The van der Waals surface area contributed by atoms with Crippen LogP contribution in [0.4, 0.5) is 5.82 Å². The Morgan fingerprint density at radius 2 is 2.04 bits per heavy atom. The summed E-state index contributed by atoms with van der Waals surface area (Å²) < 4.78 is 5.89.